The third kappa shape index (κ3) is 3.16. The highest BCUT2D eigenvalue weighted by Gasteiger charge is 2.22. The average molecular weight is 325 g/mol. The maximum absolute atomic E-state index is 13.7. The summed E-state index contributed by atoms with van der Waals surface area (Å²) in [6.45, 7) is 1.92. The lowest BCUT2D eigenvalue weighted by molar-refractivity contribution is 0.103. The van der Waals surface area contributed by atoms with Crippen LogP contribution in [-0.4, -0.2) is 28.6 Å². The number of nitrogens with two attached hydrogens (primary N) is 1. The molecule has 2 aromatic rings. The second kappa shape index (κ2) is 6.69. The van der Waals surface area contributed by atoms with Crippen molar-refractivity contribution in [1.29, 1.82) is 0 Å². The van der Waals surface area contributed by atoms with Crippen molar-refractivity contribution in [3.05, 3.63) is 41.1 Å². The first-order valence-corrected chi connectivity index (χ1v) is 7.29. The fourth-order valence-electron chi connectivity index (χ4n) is 1.83. The first-order chi connectivity index (χ1) is 10.5. The highest BCUT2D eigenvalue weighted by molar-refractivity contribution is 7.99. The van der Waals surface area contributed by atoms with E-state index in [1.165, 1.54) is 25.1 Å². The van der Waals surface area contributed by atoms with E-state index in [9.17, 15) is 13.6 Å². The van der Waals surface area contributed by atoms with Gasteiger partial charge in [-0.05, 0) is 11.8 Å². The van der Waals surface area contributed by atoms with Gasteiger partial charge in [-0.15, -0.1) is 0 Å². The molecule has 0 saturated heterocycles. The van der Waals surface area contributed by atoms with E-state index in [0.29, 0.717) is 11.2 Å². The van der Waals surface area contributed by atoms with Gasteiger partial charge in [-0.25, -0.2) is 18.7 Å². The molecule has 5 nitrogen and oxygen atoms in total. The predicted octanol–water partition coefficient (Wildman–Crippen LogP) is 2.69. The van der Waals surface area contributed by atoms with Gasteiger partial charge in [0.1, 0.15) is 11.6 Å². The van der Waals surface area contributed by atoms with Crippen LogP contribution >= 0.6 is 11.8 Å². The number of ketones is 1. The second-order valence-electron chi connectivity index (χ2n) is 4.18. The highest BCUT2D eigenvalue weighted by atomic mass is 32.2. The van der Waals surface area contributed by atoms with E-state index in [4.69, 9.17) is 10.5 Å². The fourth-order valence-corrected chi connectivity index (χ4v) is 2.38. The molecule has 0 unspecified atom stereocenters. The summed E-state index contributed by atoms with van der Waals surface area (Å²) >= 11 is 1.36. The number of benzene rings is 1. The lowest BCUT2D eigenvalue weighted by Gasteiger charge is -2.10. The number of anilines is 1. The summed E-state index contributed by atoms with van der Waals surface area (Å²) in [6.07, 6.45) is 1.24. The molecule has 22 heavy (non-hydrogen) atoms. The van der Waals surface area contributed by atoms with Gasteiger partial charge in [0.05, 0.1) is 18.2 Å². The van der Waals surface area contributed by atoms with Crippen LogP contribution in [0.5, 0.6) is 5.75 Å². The van der Waals surface area contributed by atoms with Crippen molar-refractivity contribution in [1.82, 2.24) is 9.97 Å². The zero-order chi connectivity index (χ0) is 16.3. The van der Waals surface area contributed by atoms with Crippen molar-refractivity contribution in [2.75, 3.05) is 18.6 Å². The first-order valence-electron chi connectivity index (χ1n) is 6.31. The minimum atomic E-state index is -0.969. The topological polar surface area (TPSA) is 78.1 Å². The Hall–Kier alpha value is -2.22. The van der Waals surface area contributed by atoms with Crippen LogP contribution < -0.4 is 10.5 Å². The molecule has 0 aliphatic heterocycles. The lowest BCUT2D eigenvalue weighted by Crippen LogP contribution is -2.11. The summed E-state index contributed by atoms with van der Waals surface area (Å²) < 4.78 is 31.9. The first kappa shape index (κ1) is 16.2. The Kier molecular flexibility index (Phi) is 4.92. The van der Waals surface area contributed by atoms with Gasteiger partial charge >= 0.3 is 0 Å². The number of hydrogen-bond donors (Lipinski definition) is 1. The molecule has 0 fully saturated rings. The van der Waals surface area contributed by atoms with E-state index in [-0.39, 0.29) is 22.7 Å². The molecule has 1 heterocycles. The van der Waals surface area contributed by atoms with Crippen molar-refractivity contribution >= 4 is 23.4 Å². The van der Waals surface area contributed by atoms with Gasteiger partial charge in [0.2, 0.25) is 5.78 Å². The van der Waals surface area contributed by atoms with Gasteiger partial charge in [-0.1, -0.05) is 18.7 Å². The summed E-state index contributed by atoms with van der Waals surface area (Å²) in [7, 11) is 1.19. The molecule has 0 spiro atoms. The number of rotatable bonds is 5. The van der Waals surface area contributed by atoms with Gasteiger partial charge in [0.15, 0.2) is 16.7 Å². The third-order valence-corrected chi connectivity index (χ3v) is 3.51. The number of carbonyl (C=O) groups is 1. The number of nitrogen functional groups attached to an aromatic ring is 1. The molecule has 2 rings (SSSR count). The van der Waals surface area contributed by atoms with Crippen molar-refractivity contribution in [2.24, 2.45) is 0 Å². The van der Waals surface area contributed by atoms with E-state index in [1.807, 2.05) is 6.92 Å². The molecule has 0 amide bonds. The number of aromatic nitrogens is 2. The number of thioether (sulfide) groups is 1. The molecule has 116 valence electrons. The summed E-state index contributed by atoms with van der Waals surface area (Å²) in [6, 6.07) is 1.52. The minimum absolute atomic E-state index is 0.0382. The molecular formula is C14H13F2N3O2S. The number of ether oxygens (including phenoxy) is 1. The molecule has 0 radical (unpaired) electrons. The Morgan fingerprint density at radius 1 is 1.36 bits per heavy atom. The van der Waals surface area contributed by atoms with E-state index >= 15 is 0 Å². The number of carbonyl (C=O) groups excluding carboxylic acids is 1. The van der Waals surface area contributed by atoms with Crippen LogP contribution in [0.2, 0.25) is 0 Å². The average Bonchev–Trinajstić information content (AvgIpc) is 2.46. The maximum Gasteiger partial charge on any atom is 0.202 e. The van der Waals surface area contributed by atoms with Gasteiger partial charge in [-0.3, -0.25) is 4.79 Å². The van der Waals surface area contributed by atoms with Crippen molar-refractivity contribution in [3.63, 3.8) is 0 Å². The monoisotopic (exact) mass is 325 g/mol. The van der Waals surface area contributed by atoms with Crippen LogP contribution in [-0.2, 0) is 0 Å². The summed E-state index contributed by atoms with van der Waals surface area (Å²) in [5.74, 6) is -2.22. The molecule has 0 atom stereocenters. The van der Waals surface area contributed by atoms with Crippen molar-refractivity contribution < 1.29 is 18.3 Å². The highest BCUT2D eigenvalue weighted by Crippen LogP contribution is 2.28. The Morgan fingerprint density at radius 3 is 2.68 bits per heavy atom. The number of halogens is 2. The minimum Gasteiger partial charge on any atom is -0.493 e. The Labute approximate surface area is 129 Å². The van der Waals surface area contributed by atoms with Gasteiger partial charge in [-0.2, -0.15) is 0 Å². The molecule has 0 bridgehead atoms. The van der Waals surface area contributed by atoms with Gasteiger partial charge < -0.3 is 10.5 Å². The SMILES string of the molecule is CCSc1ncc(C(=O)c2cc(F)cc(F)c2OC)c(N)n1. The van der Waals surface area contributed by atoms with Crippen LogP contribution in [0.25, 0.3) is 0 Å². The van der Waals surface area contributed by atoms with E-state index in [2.05, 4.69) is 9.97 Å². The number of nitrogens with zero attached hydrogens (tertiary/aromatic N) is 2. The van der Waals surface area contributed by atoms with E-state index in [1.54, 1.807) is 0 Å². The van der Waals surface area contributed by atoms with Gasteiger partial charge in [0.25, 0.3) is 0 Å². The van der Waals surface area contributed by atoms with E-state index < -0.39 is 17.4 Å². The van der Waals surface area contributed by atoms with Crippen molar-refractivity contribution in [3.8, 4) is 5.75 Å². The molecular weight excluding hydrogens is 312 g/mol. The molecule has 0 aliphatic rings. The fraction of sp³-hybridized carbons (Fsp3) is 0.214. The zero-order valence-corrected chi connectivity index (χ0v) is 12.7. The summed E-state index contributed by atoms with van der Waals surface area (Å²) in [5.41, 5.74) is 5.43. The van der Waals surface area contributed by atoms with Crippen LogP contribution in [0.4, 0.5) is 14.6 Å². The number of hydrogen-bond acceptors (Lipinski definition) is 6. The second-order valence-corrected chi connectivity index (χ2v) is 5.41. The Morgan fingerprint density at radius 2 is 2.09 bits per heavy atom. The number of methoxy groups -OCH3 is 1. The van der Waals surface area contributed by atoms with E-state index in [0.717, 1.165) is 11.8 Å². The Bertz CT molecular complexity index is 725. The smallest absolute Gasteiger partial charge is 0.202 e. The molecule has 8 heteroatoms. The van der Waals surface area contributed by atoms with Crippen LogP contribution in [0.15, 0.2) is 23.5 Å². The molecule has 0 saturated carbocycles. The van der Waals surface area contributed by atoms with Gasteiger partial charge in [0, 0.05) is 12.3 Å². The zero-order valence-electron chi connectivity index (χ0n) is 11.9. The molecule has 2 N–H and O–H groups in total. The quantitative estimate of drug-likeness (QED) is 0.517. The van der Waals surface area contributed by atoms with Crippen molar-refractivity contribution in [2.45, 2.75) is 12.1 Å². The summed E-state index contributed by atoms with van der Waals surface area (Å²) in [4.78, 5) is 20.4. The molecule has 1 aromatic carbocycles. The largest absolute Gasteiger partial charge is 0.493 e. The normalized spacial score (nSPS) is 10.5. The maximum atomic E-state index is 13.7. The van der Waals surface area contributed by atoms with Crippen LogP contribution in [0.3, 0.4) is 0 Å². The Balaban J connectivity index is 2.49. The lowest BCUT2D eigenvalue weighted by atomic mass is 10.0. The van der Waals surface area contributed by atoms with Crippen LogP contribution in [0, 0.1) is 11.6 Å². The third-order valence-electron chi connectivity index (χ3n) is 2.77. The standard InChI is InChI=1S/C14H13F2N3O2S/c1-3-22-14-18-6-9(13(17)19-14)11(20)8-4-7(15)5-10(16)12(8)21-2/h4-6H,3H2,1-2H3,(H2,17,18,19). The summed E-state index contributed by atoms with van der Waals surface area (Å²) in [5, 5.41) is 0.425. The van der Waals surface area contributed by atoms with Crippen LogP contribution in [0.1, 0.15) is 22.8 Å². The molecule has 0 aliphatic carbocycles. The molecule has 1 aromatic heterocycles. The predicted molar refractivity (Wildman–Crippen MR) is 79.2 cm³/mol.